The van der Waals surface area contributed by atoms with Crippen molar-refractivity contribution >= 4 is 40.8 Å². The smallest absolute Gasteiger partial charge is 0.337 e. The molecule has 0 aliphatic carbocycles. The second kappa shape index (κ2) is 10.4. The first-order valence-corrected chi connectivity index (χ1v) is 13.3. The number of ether oxygens (including phenoxy) is 1. The molecule has 0 unspecified atom stereocenters. The number of nitrogens with one attached hydrogen (secondary N) is 1. The fraction of sp³-hybridized carbons (Fsp3) is 0.423. The number of carbonyl (C=O) groups excluding carboxylic acids is 2. The number of nitrogens with zero attached hydrogens (tertiary/aromatic N) is 5. The summed E-state index contributed by atoms with van der Waals surface area (Å²) in [6.45, 7) is 5.43. The summed E-state index contributed by atoms with van der Waals surface area (Å²) in [7, 11) is 1.33. The van der Waals surface area contributed by atoms with Crippen LogP contribution in [-0.2, 0) is 19.7 Å². The number of aromatic nitrogens is 1. The Kier molecular flexibility index (Phi) is 7.12. The van der Waals surface area contributed by atoms with Crippen molar-refractivity contribution in [3.8, 4) is 0 Å². The molecule has 2 amide bonds. The number of methoxy groups -OCH3 is 1. The molecule has 1 aromatic carbocycles. The molecule has 0 bridgehead atoms. The van der Waals surface area contributed by atoms with E-state index in [2.05, 4.69) is 20.2 Å². The maximum atomic E-state index is 15.1. The lowest BCUT2D eigenvalue weighted by Crippen LogP contribution is -2.53. The van der Waals surface area contributed by atoms with Crippen molar-refractivity contribution in [1.82, 2.24) is 20.1 Å². The summed E-state index contributed by atoms with van der Waals surface area (Å²) >= 11 is 1.44. The van der Waals surface area contributed by atoms with Crippen LogP contribution in [0.3, 0.4) is 0 Å². The van der Waals surface area contributed by atoms with E-state index >= 15 is 4.39 Å². The summed E-state index contributed by atoms with van der Waals surface area (Å²) < 4.78 is 20.1. The Morgan fingerprint density at radius 3 is 2.74 bits per heavy atom. The lowest BCUT2D eigenvalue weighted by molar-refractivity contribution is -0.142. The Hall–Kier alpha value is -3.84. The van der Waals surface area contributed by atoms with Crippen LogP contribution >= 0.6 is 11.3 Å². The van der Waals surface area contributed by atoms with Gasteiger partial charge in [-0.3, -0.25) is 19.6 Å². The molecule has 4 heterocycles. The number of urea groups is 1. The van der Waals surface area contributed by atoms with E-state index in [4.69, 9.17) is 4.74 Å². The number of amides is 2. The van der Waals surface area contributed by atoms with Gasteiger partial charge in [-0.1, -0.05) is 6.07 Å². The third-order valence-corrected chi connectivity index (χ3v) is 8.19. The topological polar surface area (TPSA) is 128 Å². The SMILES string of the molecule is COC(=O)C1=C(CN2CCN3C(=O)N(c4ccc(C(C)(C)C(=O)O)cc4F)C[C@@H]3C2)NC(c2nccs2)=NC1. The second-order valence-corrected chi connectivity index (χ2v) is 11.0. The lowest BCUT2D eigenvalue weighted by Gasteiger charge is -2.37. The normalized spacial score (nSPS) is 20.1. The number of thiazole rings is 1. The zero-order valence-electron chi connectivity index (χ0n) is 21.8. The highest BCUT2D eigenvalue weighted by atomic mass is 32.1. The molecule has 2 saturated heterocycles. The van der Waals surface area contributed by atoms with Gasteiger partial charge in [-0.15, -0.1) is 11.3 Å². The van der Waals surface area contributed by atoms with Gasteiger partial charge >= 0.3 is 18.0 Å². The molecule has 1 aromatic heterocycles. The second-order valence-electron chi connectivity index (χ2n) is 10.1. The number of benzene rings is 1. The highest BCUT2D eigenvalue weighted by Crippen LogP contribution is 2.32. The zero-order chi connectivity index (χ0) is 27.9. The molecular formula is C26H29FN6O5S. The largest absolute Gasteiger partial charge is 0.481 e. The van der Waals surface area contributed by atoms with Crippen molar-refractivity contribution in [3.05, 3.63) is 57.4 Å². The Balaban J connectivity index is 1.31. The Bertz CT molecular complexity index is 1370. The number of halogens is 1. The Morgan fingerprint density at radius 2 is 2.08 bits per heavy atom. The van der Waals surface area contributed by atoms with Crippen LogP contribution in [0.5, 0.6) is 0 Å². The average molecular weight is 557 g/mol. The predicted octanol–water partition coefficient (Wildman–Crippen LogP) is 2.05. The molecule has 0 radical (unpaired) electrons. The maximum absolute atomic E-state index is 15.1. The van der Waals surface area contributed by atoms with Crippen molar-refractivity contribution in [1.29, 1.82) is 0 Å². The van der Waals surface area contributed by atoms with Crippen LogP contribution in [0, 0.1) is 5.82 Å². The molecule has 1 atom stereocenters. The molecule has 5 rings (SSSR count). The van der Waals surface area contributed by atoms with Crippen molar-refractivity contribution < 1.29 is 28.6 Å². The van der Waals surface area contributed by atoms with Gasteiger partial charge in [0.1, 0.15) is 5.82 Å². The van der Waals surface area contributed by atoms with E-state index in [0.717, 1.165) is 5.01 Å². The van der Waals surface area contributed by atoms with E-state index in [1.54, 1.807) is 17.2 Å². The number of fused-ring (bicyclic) bond motifs is 1. The van der Waals surface area contributed by atoms with Crippen molar-refractivity contribution in [2.24, 2.45) is 4.99 Å². The number of carboxylic acids is 1. The summed E-state index contributed by atoms with van der Waals surface area (Å²) in [6.07, 6.45) is 1.69. The molecule has 3 aliphatic rings. The molecule has 2 fully saturated rings. The molecule has 3 aliphatic heterocycles. The minimum atomic E-state index is -1.26. The summed E-state index contributed by atoms with van der Waals surface area (Å²) in [5.41, 5.74) is 0.304. The highest BCUT2D eigenvalue weighted by Gasteiger charge is 2.42. The average Bonchev–Trinajstić information content (AvgIpc) is 3.56. The van der Waals surface area contributed by atoms with Crippen molar-refractivity contribution in [2.75, 3.05) is 51.3 Å². The van der Waals surface area contributed by atoms with Gasteiger partial charge in [-0.05, 0) is 31.5 Å². The zero-order valence-corrected chi connectivity index (χ0v) is 22.6. The van der Waals surface area contributed by atoms with E-state index in [9.17, 15) is 19.5 Å². The minimum absolute atomic E-state index is 0.125. The number of esters is 1. The number of hydrogen-bond donors (Lipinski definition) is 2. The molecular weight excluding hydrogens is 527 g/mol. The van der Waals surface area contributed by atoms with Crippen LogP contribution < -0.4 is 10.2 Å². The van der Waals surface area contributed by atoms with Gasteiger partial charge in [0.05, 0.1) is 36.4 Å². The summed E-state index contributed by atoms with van der Waals surface area (Å²) in [5.74, 6) is -1.56. The number of piperazine rings is 1. The molecule has 2 N–H and O–H groups in total. The van der Waals surface area contributed by atoms with Crippen molar-refractivity contribution in [3.63, 3.8) is 0 Å². The number of hydrogen-bond acceptors (Lipinski definition) is 9. The van der Waals surface area contributed by atoms with Gasteiger partial charge in [-0.2, -0.15) is 0 Å². The van der Waals surface area contributed by atoms with Crippen LogP contribution in [0.1, 0.15) is 24.4 Å². The van der Waals surface area contributed by atoms with Crippen LogP contribution in [0.25, 0.3) is 0 Å². The van der Waals surface area contributed by atoms with Crippen LogP contribution in [0.2, 0.25) is 0 Å². The number of aliphatic imine (C=N–C) groups is 1. The Labute approximate surface area is 228 Å². The predicted molar refractivity (Wildman–Crippen MR) is 142 cm³/mol. The summed E-state index contributed by atoms with van der Waals surface area (Å²) in [5, 5.41) is 15.3. The Morgan fingerprint density at radius 1 is 1.28 bits per heavy atom. The molecule has 2 aromatic rings. The number of carboxylic acid groups (broad SMARTS) is 1. The van der Waals surface area contributed by atoms with E-state index in [0.29, 0.717) is 48.8 Å². The van der Waals surface area contributed by atoms with Gasteiger partial charge in [0.25, 0.3) is 0 Å². The first kappa shape index (κ1) is 26.8. The van der Waals surface area contributed by atoms with E-state index in [1.165, 1.54) is 49.3 Å². The van der Waals surface area contributed by atoms with Gasteiger partial charge in [-0.25, -0.2) is 19.0 Å². The lowest BCUT2D eigenvalue weighted by atomic mass is 9.84. The third-order valence-electron chi connectivity index (χ3n) is 7.41. The molecule has 11 nitrogen and oxygen atoms in total. The monoisotopic (exact) mass is 556 g/mol. The summed E-state index contributed by atoms with van der Waals surface area (Å²) in [4.78, 5) is 51.3. The van der Waals surface area contributed by atoms with E-state index in [1.807, 2.05) is 5.38 Å². The molecule has 13 heteroatoms. The van der Waals surface area contributed by atoms with E-state index in [-0.39, 0.29) is 30.8 Å². The maximum Gasteiger partial charge on any atom is 0.337 e. The highest BCUT2D eigenvalue weighted by molar-refractivity contribution is 7.11. The quantitative estimate of drug-likeness (QED) is 0.496. The van der Waals surface area contributed by atoms with Crippen LogP contribution in [0.4, 0.5) is 14.9 Å². The fourth-order valence-corrected chi connectivity index (χ4v) is 5.60. The van der Waals surface area contributed by atoms with Crippen LogP contribution in [-0.4, -0.2) is 96.1 Å². The molecule has 39 heavy (non-hydrogen) atoms. The third kappa shape index (κ3) is 4.99. The van der Waals surface area contributed by atoms with Crippen LogP contribution in [0.15, 0.2) is 46.0 Å². The summed E-state index contributed by atoms with van der Waals surface area (Å²) in [6, 6.07) is 3.76. The van der Waals surface area contributed by atoms with Gasteiger partial charge < -0.3 is 20.1 Å². The van der Waals surface area contributed by atoms with Gasteiger partial charge in [0.15, 0.2) is 10.8 Å². The van der Waals surface area contributed by atoms with E-state index < -0.39 is 23.2 Å². The van der Waals surface area contributed by atoms with Crippen molar-refractivity contribution in [2.45, 2.75) is 25.3 Å². The molecule has 0 saturated carbocycles. The standard InChI is InChI=1S/C26H29FN6O5S/c1-26(2,24(35)36)15-4-5-20(18(27)10-15)33-13-16-12-31(7-8-32(16)25(33)37)14-19-17(23(34)38-3)11-29-21(30-19)22-28-6-9-39-22/h4-6,9-10,16H,7-8,11-14H2,1-3H3,(H,29,30)(H,35,36)/t16-/m0/s1. The first-order chi connectivity index (χ1) is 18.6. The number of amidine groups is 1. The first-order valence-electron chi connectivity index (χ1n) is 12.5. The molecule has 0 spiro atoms. The number of anilines is 1. The minimum Gasteiger partial charge on any atom is -0.481 e. The fourth-order valence-electron chi connectivity index (χ4n) is 5.00. The number of rotatable bonds is 7. The van der Waals surface area contributed by atoms with Gasteiger partial charge in [0, 0.05) is 50.0 Å². The number of aliphatic carboxylic acids is 1. The van der Waals surface area contributed by atoms with Gasteiger partial charge in [0.2, 0.25) is 0 Å². The molecule has 206 valence electrons. The number of carbonyl (C=O) groups is 3.